The first-order valence-corrected chi connectivity index (χ1v) is 6.61. The van der Waals surface area contributed by atoms with Gasteiger partial charge in [0.25, 0.3) is 0 Å². The Labute approximate surface area is 118 Å². The first kappa shape index (κ1) is 13.9. The first-order valence-electron chi connectivity index (χ1n) is 6.23. The Bertz CT molecular complexity index is 542. The zero-order chi connectivity index (χ0) is 14.2. The van der Waals surface area contributed by atoms with Crippen LogP contribution in [0, 0.1) is 0 Å². The highest BCUT2D eigenvalue weighted by Gasteiger charge is 2.28. The van der Waals surface area contributed by atoms with Crippen molar-refractivity contribution >= 4 is 28.9 Å². The number of nitrogens with one attached hydrogen (secondary N) is 1. The summed E-state index contributed by atoms with van der Waals surface area (Å²) in [5, 5.41) is 3.38. The van der Waals surface area contributed by atoms with Gasteiger partial charge in [-0.15, -0.1) is 0 Å². The van der Waals surface area contributed by atoms with Gasteiger partial charge >= 0.3 is 0 Å². The molecule has 0 aromatic heterocycles. The number of hydrogen-bond acceptors (Lipinski definition) is 3. The SMILES string of the molecule is C=C(C)CN(CC)c1cc2c(cc1Cl)C(N)C(=O)N2. The zero-order valence-electron chi connectivity index (χ0n) is 11.2. The lowest BCUT2D eigenvalue weighted by molar-refractivity contribution is -0.116. The third-order valence-corrected chi connectivity index (χ3v) is 3.48. The van der Waals surface area contributed by atoms with Crippen LogP contribution in [0.2, 0.25) is 5.02 Å². The average molecular weight is 280 g/mol. The molecule has 1 heterocycles. The van der Waals surface area contributed by atoms with Crippen LogP contribution in [0.1, 0.15) is 25.5 Å². The van der Waals surface area contributed by atoms with Crippen LogP contribution in [0.3, 0.4) is 0 Å². The number of rotatable bonds is 4. The normalized spacial score (nSPS) is 17.1. The van der Waals surface area contributed by atoms with Crippen molar-refractivity contribution in [3.05, 3.63) is 34.9 Å². The van der Waals surface area contributed by atoms with Gasteiger partial charge in [0.15, 0.2) is 0 Å². The van der Waals surface area contributed by atoms with Gasteiger partial charge in [0.1, 0.15) is 6.04 Å². The van der Waals surface area contributed by atoms with Gasteiger partial charge in [0.2, 0.25) is 5.91 Å². The van der Waals surface area contributed by atoms with Crippen LogP contribution in [0.15, 0.2) is 24.3 Å². The maximum absolute atomic E-state index is 11.6. The number of amides is 1. The minimum atomic E-state index is -0.627. The standard InChI is InChI=1S/C14H18ClN3O/c1-4-18(7-8(2)3)12-6-11-9(5-10(12)15)13(16)14(19)17-11/h5-6,13H,2,4,7,16H2,1,3H3,(H,17,19). The Kier molecular flexibility index (Phi) is 3.83. The molecule has 1 atom stereocenters. The van der Waals surface area contributed by atoms with Gasteiger partial charge < -0.3 is 16.0 Å². The minimum absolute atomic E-state index is 0.189. The summed E-state index contributed by atoms with van der Waals surface area (Å²) in [4.78, 5) is 13.7. The van der Waals surface area contributed by atoms with Gasteiger partial charge in [-0.1, -0.05) is 23.8 Å². The molecule has 4 nitrogen and oxygen atoms in total. The van der Waals surface area contributed by atoms with Gasteiger partial charge in [-0.05, 0) is 26.0 Å². The van der Waals surface area contributed by atoms with Crippen molar-refractivity contribution in [1.29, 1.82) is 0 Å². The predicted molar refractivity (Wildman–Crippen MR) is 79.7 cm³/mol. The molecule has 5 heteroatoms. The van der Waals surface area contributed by atoms with Crippen molar-refractivity contribution < 1.29 is 4.79 Å². The second kappa shape index (κ2) is 5.23. The molecule has 1 unspecified atom stereocenters. The Morgan fingerprint density at radius 3 is 2.84 bits per heavy atom. The molecule has 1 aliphatic rings. The fourth-order valence-electron chi connectivity index (χ4n) is 2.23. The van der Waals surface area contributed by atoms with Gasteiger partial charge in [0, 0.05) is 24.3 Å². The Morgan fingerprint density at radius 2 is 2.26 bits per heavy atom. The van der Waals surface area contributed by atoms with E-state index in [-0.39, 0.29) is 5.91 Å². The smallest absolute Gasteiger partial charge is 0.245 e. The summed E-state index contributed by atoms with van der Waals surface area (Å²) in [5.41, 5.74) is 9.25. The van der Waals surface area contributed by atoms with Crippen LogP contribution < -0.4 is 16.0 Å². The van der Waals surface area contributed by atoms with E-state index < -0.39 is 6.04 Å². The molecule has 1 aliphatic heterocycles. The average Bonchev–Trinajstić information content (AvgIpc) is 2.62. The van der Waals surface area contributed by atoms with E-state index in [1.165, 1.54) is 0 Å². The number of fused-ring (bicyclic) bond motifs is 1. The predicted octanol–water partition coefficient (Wildman–Crippen LogP) is 2.69. The van der Waals surface area contributed by atoms with Gasteiger partial charge in [-0.2, -0.15) is 0 Å². The van der Waals surface area contributed by atoms with Crippen molar-refractivity contribution in [3.63, 3.8) is 0 Å². The Hall–Kier alpha value is -1.52. The highest BCUT2D eigenvalue weighted by atomic mass is 35.5. The highest BCUT2D eigenvalue weighted by molar-refractivity contribution is 6.33. The third kappa shape index (κ3) is 2.60. The number of nitrogens with zero attached hydrogens (tertiary/aromatic N) is 1. The van der Waals surface area contributed by atoms with Crippen LogP contribution in [0.25, 0.3) is 0 Å². The van der Waals surface area contributed by atoms with E-state index in [1.807, 2.05) is 13.0 Å². The van der Waals surface area contributed by atoms with E-state index in [4.69, 9.17) is 17.3 Å². The third-order valence-electron chi connectivity index (χ3n) is 3.18. The summed E-state index contributed by atoms with van der Waals surface area (Å²) in [6, 6.07) is 3.03. The summed E-state index contributed by atoms with van der Waals surface area (Å²) in [5.74, 6) is -0.189. The van der Waals surface area contributed by atoms with Crippen LogP contribution >= 0.6 is 11.6 Å². The second-order valence-electron chi connectivity index (χ2n) is 4.83. The molecule has 1 aromatic rings. The molecule has 0 aliphatic carbocycles. The number of carbonyl (C=O) groups excluding carboxylic acids is 1. The van der Waals surface area contributed by atoms with Crippen LogP contribution in [-0.4, -0.2) is 19.0 Å². The summed E-state index contributed by atoms with van der Waals surface area (Å²) in [6.45, 7) is 9.49. The maximum Gasteiger partial charge on any atom is 0.245 e. The number of carbonyl (C=O) groups is 1. The van der Waals surface area contributed by atoms with Crippen LogP contribution in [0.4, 0.5) is 11.4 Å². The highest BCUT2D eigenvalue weighted by Crippen LogP contribution is 2.38. The van der Waals surface area contributed by atoms with E-state index in [1.54, 1.807) is 6.07 Å². The summed E-state index contributed by atoms with van der Waals surface area (Å²) < 4.78 is 0. The number of likely N-dealkylation sites (N-methyl/N-ethyl adjacent to an activating group) is 1. The van der Waals surface area contributed by atoms with Gasteiger partial charge in [0.05, 0.1) is 10.7 Å². The zero-order valence-corrected chi connectivity index (χ0v) is 11.9. The molecule has 0 radical (unpaired) electrons. The fraction of sp³-hybridized carbons (Fsp3) is 0.357. The van der Waals surface area contributed by atoms with Crippen molar-refractivity contribution in [1.82, 2.24) is 0 Å². The topological polar surface area (TPSA) is 58.4 Å². The number of hydrogen-bond donors (Lipinski definition) is 2. The first-order chi connectivity index (χ1) is 8.93. The molecule has 0 bridgehead atoms. The maximum atomic E-state index is 11.6. The quantitative estimate of drug-likeness (QED) is 0.833. The molecule has 2 rings (SSSR count). The van der Waals surface area contributed by atoms with Crippen molar-refractivity contribution in [2.24, 2.45) is 5.73 Å². The molecule has 0 saturated carbocycles. The molecule has 1 aromatic carbocycles. The minimum Gasteiger partial charge on any atom is -0.367 e. The molecule has 102 valence electrons. The molecular formula is C14H18ClN3O. The van der Waals surface area contributed by atoms with E-state index in [9.17, 15) is 4.79 Å². The number of anilines is 2. The van der Waals surface area contributed by atoms with Crippen molar-refractivity contribution in [3.8, 4) is 0 Å². The summed E-state index contributed by atoms with van der Waals surface area (Å²) in [6.07, 6.45) is 0. The van der Waals surface area contributed by atoms with E-state index in [0.717, 1.165) is 35.6 Å². The molecular weight excluding hydrogens is 262 g/mol. The van der Waals surface area contributed by atoms with Crippen LogP contribution in [-0.2, 0) is 4.79 Å². The molecule has 0 saturated heterocycles. The molecule has 3 N–H and O–H groups in total. The lowest BCUT2D eigenvalue weighted by Gasteiger charge is -2.25. The Balaban J connectivity index is 2.41. The number of halogens is 1. The van der Waals surface area contributed by atoms with E-state index >= 15 is 0 Å². The molecule has 19 heavy (non-hydrogen) atoms. The summed E-state index contributed by atoms with van der Waals surface area (Å²) in [7, 11) is 0. The monoisotopic (exact) mass is 279 g/mol. The van der Waals surface area contributed by atoms with E-state index in [2.05, 4.69) is 23.7 Å². The van der Waals surface area contributed by atoms with Gasteiger partial charge in [-0.3, -0.25) is 4.79 Å². The lowest BCUT2D eigenvalue weighted by atomic mass is 10.1. The summed E-state index contributed by atoms with van der Waals surface area (Å²) >= 11 is 6.31. The van der Waals surface area contributed by atoms with Crippen molar-refractivity contribution in [2.75, 3.05) is 23.3 Å². The van der Waals surface area contributed by atoms with Crippen molar-refractivity contribution in [2.45, 2.75) is 19.9 Å². The molecule has 0 fully saturated rings. The lowest BCUT2D eigenvalue weighted by Crippen LogP contribution is -2.24. The number of benzene rings is 1. The fourth-order valence-corrected chi connectivity index (χ4v) is 2.52. The molecule has 1 amide bonds. The Morgan fingerprint density at radius 1 is 1.58 bits per heavy atom. The second-order valence-corrected chi connectivity index (χ2v) is 5.24. The van der Waals surface area contributed by atoms with Crippen LogP contribution in [0.5, 0.6) is 0 Å². The number of nitrogens with two attached hydrogens (primary N) is 1. The largest absolute Gasteiger partial charge is 0.367 e. The molecule has 0 spiro atoms. The van der Waals surface area contributed by atoms with E-state index in [0.29, 0.717) is 5.02 Å². The van der Waals surface area contributed by atoms with Gasteiger partial charge in [-0.25, -0.2) is 0 Å².